The van der Waals surface area contributed by atoms with Gasteiger partial charge >= 0.3 is 0 Å². The Morgan fingerprint density at radius 2 is 0.595 bits per heavy atom. The predicted molar refractivity (Wildman–Crippen MR) is 295 cm³/mol. The zero-order valence-electron chi connectivity index (χ0n) is 40.6. The van der Waals surface area contributed by atoms with Crippen molar-refractivity contribution in [1.29, 1.82) is 21.0 Å². The topological polar surface area (TPSA) is 195 Å². The molecule has 0 aliphatic rings. The highest BCUT2D eigenvalue weighted by Gasteiger charge is 2.26. The molecule has 372 valence electrons. The van der Waals surface area contributed by atoms with Gasteiger partial charge in [-0.3, -0.25) is 0 Å². The number of benzene rings is 5. The summed E-state index contributed by atoms with van der Waals surface area (Å²) in [6.07, 6.45) is 0. The summed E-state index contributed by atoms with van der Waals surface area (Å²) in [7, 11) is 13.0. The number of furan rings is 2. The normalized spacial score (nSPS) is 10.2. The third-order valence-electron chi connectivity index (χ3n) is 10.9. The fourth-order valence-electron chi connectivity index (χ4n) is 7.31. The summed E-state index contributed by atoms with van der Waals surface area (Å²) in [5.74, 6) is 8.35. The van der Waals surface area contributed by atoms with E-state index in [0.717, 1.165) is 47.3 Å². The molecule has 0 unspecified atom stereocenters. The monoisotopic (exact) mass is 1100 g/mol. The van der Waals surface area contributed by atoms with Crippen LogP contribution >= 0.6 is 69.8 Å². The largest absolute Gasteiger partial charge is 0.497 e. The lowest BCUT2D eigenvalue weighted by Gasteiger charge is -2.10. The number of hydrogen-bond donors (Lipinski definition) is 0. The van der Waals surface area contributed by atoms with Gasteiger partial charge in [-0.25, -0.2) is 0 Å². The average molecular weight is 1100 g/mol. The van der Waals surface area contributed by atoms with E-state index in [4.69, 9.17) is 92.2 Å². The number of rotatable bonds is 12. The van der Waals surface area contributed by atoms with Crippen LogP contribution in [0.5, 0.6) is 46.0 Å². The molecule has 0 fully saturated rings. The highest BCUT2D eigenvalue weighted by atomic mass is 32.2. The minimum absolute atomic E-state index is 0.00187. The SMILES string of the molecule is COc1ccc(-c2oc(-c3ccc(OC)cc3OC)c3sc(=S)sc23)c(OC)c1.COc1ccc(-c2oc(-c3ccc(OC)cc3OC)c3sc(=S)sc23)c(OC)c1.N#CC(C#N)=c1ccc(=C(C#N)C#N)cc1. The van der Waals surface area contributed by atoms with Gasteiger partial charge in [0.15, 0.2) is 23.0 Å². The molecule has 0 amide bonds. The van der Waals surface area contributed by atoms with E-state index in [9.17, 15) is 0 Å². The average Bonchev–Trinajstić information content (AvgIpc) is 4.21. The van der Waals surface area contributed by atoms with Crippen molar-refractivity contribution >= 4 is 99.7 Å². The Labute approximate surface area is 450 Å². The van der Waals surface area contributed by atoms with Gasteiger partial charge in [-0.2, -0.15) is 21.0 Å². The maximum atomic E-state index is 8.63. The van der Waals surface area contributed by atoms with Crippen molar-refractivity contribution in [3.63, 3.8) is 0 Å². The lowest BCUT2D eigenvalue weighted by Crippen LogP contribution is -2.11. The first kappa shape index (κ1) is 53.6. The van der Waals surface area contributed by atoms with Crippen molar-refractivity contribution in [3.05, 3.63) is 114 Å². The minimum Gasteiger partial charge on any atom is -0.497 e. The Morgan fingerprint density at radius 3 is 0.784 bits per heavy atom. The molecule has 0 saturated carbocycles. The molecule has 14 nitrogen and oxygen atoms in total. The number of hydrogen-bond acceptors (Lipinski definition) is 20. The van der Waals surface area contributed by atoms with Crippen molar-refractivity contribution in [2.75, 3.05) is 56.9 Å². The third kappa shape index (κ3) is 11.2. The van der Waals surface area contributed by atoms with Crippen LogP contribution in [-0.2, 0) is 0 Å². The zero-order valence-corrected chi connectivity index (χ0v) is 45.5. The van der Waals surface area contributed by atoms with Gasteiger partial charge in [0.2, 0.25) is 0 Å². The van der Waals surface area contributed by atoms with Crippen LogP contribution in [0.4, 0.5) is 0 Å². The number of methoxy groups -OCH3 is 8. The van der Waals surface area contributed by atoms with Crippen LogP contribution in [0.1, 0.15) is 0 Å². The molecule has 0 spiro atoms. The molecule has 9 aromatic rings. The van der Waals surface area contributed by atoms with Gasteiger partial charge in [-0.1, -0.05) is 48.7 Å². The molecule has 0 aliphatic heterocycles. The molecule has 0 bridgehead atoms. The molecule has 0 N–H and O–H groups in total. The van der Waals surface area contributed by atoms with Gasteiger partial charge in [0.25, 0.3) is 0 Å². The standard InChI is InChI=1S/2C21H18O5S3.C12H4N4/c2*1-22-11-5-7-13(15(9-11)24-3)17-19-20(29-21(27)28-19)18(26-17)14-8-6-12(23-2)10-16(14)25-4;13-5-11(6-14)9-1-2-10(4-3-9)12(7-15)8-16/h2*5-10H,1-4H3;1-4H. The molecule has 0 atom stereocenters. The van der Waals surface area contributed by atoms with Gasteiger partial charge in [-0.05, 0) is 48.5 Å². The van der Waals surface area contributed by atoms with Crippen LogP contribution in [0.2, 0.25) is 0 Å². The van der Waals surface area contributed by atoms with E-state index < -0.39 is 0 Å². The summed E-state index contributed by atoms with van der Waals surface area (Å²) >= 11 is 17.1. The summed E-state index contributed by atoms with van der Waals surface area (Å²) in [6.45, 7) is 0. The highest BCUT2D eigenvalue weighted by Crippen LogP contribution is 2.51. The van der Waals surface area contributed by atoms with E-state index in [-0.39, 0.29) is 11.1 Å². The Balaban J connectivity index is 0.000000170. The maximum Gasteiger partial charge on any atom is 0.157 e. The molecule has 0 radical (unpaired) electrons. The summed E-state index contributed by atoms with van der Waals surface area (Å²) in [5, 5.41) is 35.5. The quantitative estimate of drug-likeness (QED) is 0.105. The first-order valence-electron chi connectivity index (χ1n) is 21.4. The van der Waals surface area contributed by atoms with Crippen LogP contribution in [0, 0.1) is 51.6 Å². The molecule has 4 heterocycles. The van der Waals surface area contributed by atoms with E-state index in [0.29, 0.717) is 79.5 Å². The lowest BCUT2D eigenvalue weighted by atomic mass is 10.1. The molecule has 0 saturated heterocycles. The summed E-state index contributed by atoms with van der Waals surface area (Å²) in [5.41, 5.74) is 3.34. The second-order valence-electron chi connectivity index (χ2n) is 14.8. The van der Waals surface area contributed by atoms with Crippen molar-refractivity contribution < 1.29 is 46.7 Å². The molecule has 74 heavy (non-hydrogen) atoms. The Kier molecular flexibility index (Phi) is 17.7. The number of nitriles is 4. The van der Waals surface area contributed by atoms with Crippen molar-refractivity contribution in [2.45, 2.75) is 0 Å². The molecule has 4 aromatic heterocycles. The van der Waals surface area contributed by atoms with Crippen molar-refractivity contribution in [1.82, 2.24) is 0 Å². The molecule has 5 aromatic carbocycles. The van der Waals surface area contributed by atoms with Gasteiger partial charge in [-0.15, -0.1) is 45.3 Å². The van der Waals surface area contributed by atoms with Crippen molar-refractivity contribution in [2.24, 2.45) is 0 Å². The van der Waals surface area contributed by atoms with Crippen LogP contribution in [0.25, 0.3) is 75.2 Å². The number of nitrogens with zero attached hydrogens (tertiary/aromatic N) is 4. The van der Waals surface area contributed by atoms with Gasteiger partial charge in [0, 0.05) is 34.7 Å². The van der Waals surface area contributed by atoms with Gasteiger partial charge < -0.3 is 46.7 Å². The fraction of sp³-hybridized carbons (Fsp3) is 0.148. The summed E-state index contributed by atoms with van der Waals surface area (Å²) in [4.78, 5) is 0. The highest BCUT2D eigenvalue weighted by molar-refractivity contribution is 7.77. The van der Waals surface area contributed by atoms with Crippen molar-refractivity contribution in [3.8, 4) is 116 Å². The Bertz CT molecular complexity index is 3490. The number of ether oxygens (including phenoxy) is 8. The van der Waals surface area contributed by atoms with Crippen LogP contribution in [-0.4, -0.2) is 56.9 Å². The molecular formula is C54H40N4O10S6. The van der Waals surface area contributed by atoms with E-state index in [2.05, 4.69) is 0 Å². The summed E-state index contributed by atoms with van der Waals surface area (Å²) in [6, 6.07) is 35.8. The summed E-state index contributed by atoms with van der Waals surface area (Å²) < 4.78 is 62.0. The zero-order chi connectivity index (χ0) is 53.1. The van der Waals surface area contributed by atoms with Gasteiger partial charge in [0.1, 0.15) is 87.7 Å². The Hall–Kier alpha value is -8.18. The Morgan fingerprint density at radius 1 is 0.365 bits per heavy atom. The molecule has 0 aliphatic carbocycles. The second kappa shape index (κ2) is 24.5. The second-order valence-corrected chi connectivity index (χ2v) is 21.2. The third-order valence-corrected chi connectivity index (χ3v) is 16.2. The first-order valence-corrected chi connectivity index (χ1v) is 25.5. The van der Waals surface area contributed by atoms with Crippen LogP contribution < -0.4 is 48.3 Å². The fourth-order valence-corrected chi connectivity index (χ4v) is 12.5. The van der Waals surface area contributed by atoms with Crippen LogP contribution in [0.3, 0.4) is 0 Å². The molecule has 9 rings (SSSR count). The van der Waals surface area contributed by atoms with Crippen LogP contribution in [0.15, 0.2) is 106 Å². The van der Waals surface area contributed by atoms with E-state index in [1.165, 1.54) is 69.6 Å². The van der Waals surface area contributed by atoms with E-state index >= 15 is 0 Å². The first-order chi connectivity index (χ1) is 35.9. The van der Waals surface area contributed by atoms with E-state index in [1.54, 1.807) is 81.2 Å². The predicted octanol–water partition coefficient (Wildman–Crippen LogP) is 13.4. The number of fused-ring (bicyclic) bond motifs is 2. The van der Waals surface area contributed by atoms with Gasteiger partial charge in [0.05, 0.1) is 97.9 Å². The maximum absolute atomic E-state index is 8.63. The lowest BCUT2D eigenvalue weighted by molar-refractivity contribution is 0.393. The smallest absolute Gasteiger partial charge is 0.157 e. The minimum atomic E-state index is 0.00187. The van der Waals surface area contributed by atoms with E-state index in [1.807, 2.05) is 72.8 Å². The molecule has 20 heteroatoms. The molecular weight excluding hydrogens is 1060 g/mol.